The minimum absolute atomic E-state index is 0. The molecule has 1 amide bonds. The van der Waals surface area contributed by atoms with Crippen molar-refractivity contribution in [3.8, 4) is 0 Å². The summed E-state index contributed by atoms with van der Waals surface area (Å²) in [5.74, 6) is 0.661. The van der Waals surface area contributed by atoms with Gasteiger partial charge < -0.3 is 15.5 Å². The van der Waals surface area contributed by atoms with Crippen LogP contribution in [-0.4, -0.2) is 44.0 Å². The van der Waals surface area contributed by atoms with Crippen LogP contribution in [0, 0.1) is 0 Å². The SMILES string of the molecule is CCCCNC(=NCC(=O)N(C)C)NC(C)c1cccc2ccccc12.I. The molecule has 2 N–H and O–H groups in total. The standard InChI is InChI=1S/C21H30N4O.HI/c1-5-6-14-22-21(23-15-20(26)25(3)4)24-16(2)18-13-9-11-17-10-7-8-12-19(17)18;/h7-13,16H,5-6,14-15H2,1-4H3,(H2,22,23,24);1H. The number of guanidine groups is 1. The average Bonchev–Trinajstić information content (AvgIpc) is 2.65. The van der Waals surface area contributed by atoms with Crippen molar-refractivity contribution in [2.45, 2.75) is 32.7 Å². The zero-order valence-electron chi connectivity index (χ0n) is 16.7. The van der Waals surface area contributed by atoms with E-state index in [4.69, 9.17) is 0 Å². The van der Waals surface area contributed by atoms with E-state index in [1.165, 1.54) is 16.3 Å². The van der Waals surface area contributed by atoms with Crippen molar-refractivity contribution in [2.75, 3.05) is 27.2 Å². The van der Waals surface area contributed by atoms with E-state index in [-0.39, 0.29) is 42.5 Å². The molecule has 0 spiro atoms. The van der Waals surface area contributed by atoms with E-state index in [1.807, 2.05) is 0 Å². The van der Waals surface area contributed by atoms with E-state index in [0.29, 0.717) is 5.96 Å². The van der Waals surface area contributed by atoms with Crippen molar-refractivity contribution in [3.63, 3.8) is 0 Å². The van der Waals surface area contributed by atoms with Crippen LogP contribution in [0.15, 0.2) is 47.5 Å². The summed E-state index contributed by atoms with van der Waals surface area (Å²) in [5, 5.41) is 9.23. The summed E-state index contributed by atoms with van der Waals surface area (Å²) in [6.07, 6.45) is 2.17. The summed E-state index contributed by atoms with van der Waals surface area (Å²) < 4.78 is 0. The number of fused-ring (bicyclic) bond motifs is 1. The molecule has 2 aromatic rings. The second-order valence-corrected chi connectivity index (χ2v) is 6.67. The van der Waals surface area contributed by atoms with Crippen molar-refractivity contribution >= 4 is 46.6 Å². The van der Waals surface area contributed by atoms with Gasteiger partial charge in [0.15, 0.2) is 5.96 Å². The Bertz CT molecular complexity index is 755. The molecule has 5 nitrogen and oxygen atoms in total. The summed E-state index contributed by atoms with van der Waals surface area (Å²) in [6.45, 7) is 5.24. The average molecular weight is 482 g/mol. The molecular weight excluding hydrogens is 451 g/mol. The minimum Gasteiger partial charge on any atom is -0.356 e. The molecule has 0 heterocycles. The fourth-order valence-electron chi connectivity index (χ4n) is 2.74. The van der Waals surface area contributed by atoms with Gasteiger partial charge in [-0.3, -0.25) is 4.79 Å². The molecule has 0 saturated heterocycles. The van der Waals surface area contributed by atoms with Crippen molar-refractivity contribution in [1.29, 1.82) is 0 Å². The van der Waals surface area contributed by atoms with Crippen LogP contribution in [0.3, 0.4) is 0 Å². The second kappa shape index (κ2) is 11.8. The van der Waals surface area contributed by atoms with E-state index in [2.05, 4.69) is 71.9 Å². The van der Waals surface area contributed by atoms with Crippen LogP contribution in [0.1, 0.15) is 38.3 Å². The van der Waals surface area contributed by atoms with E-state index in [0.717, 1.165) is 19.4 Å². The van der Waals surface area contributed by atoms with Gasteiger partial charge in [0.25, 0.3) is 0 Å². The first-order chi connectivity index (χ1) is 12.5. The maximum Gasteiger partial charge on any atom is 0.243 e. The number of unbranched alkanes of at least 4 members (excludes halogenated alkanes) is 1. The first-order valence-corrected chi connectivity index (χ1v) is 9.25. The topological polar surface area (TPSA) is 56.7 Å². The zero-order chi connectivity index (χ0) is 18.9. The van der Waals surface area contributed by atoms with Crippen LogP contribution >= 0.6 is 24.0 Å². The first kappa shape index (κ1) is 23.2. The molecule has 0 aromatic heterocycles. The lowest BCUT2D eigenvalue weighted by atomic mass is 10.00. The number of nitrogens with one attached hydrogen (secondary N) is 2. The summed E-state index contributed by atoms with van der Waals surface area (Å²) in [5.41, 5.74) is 1.21. The number of aliphatic imine (C=N–C) groups is 1. The highest BCUT2D eigenvalue weighted by Crippen LogP contribution is 2.23. The molecule has 0 radical (unpaired) electrons. The molecule has 0 aliphatic rings. The maximum absolute atomic E-state index is 11.9. The Kier molecular flexibility index (Phi) is 10.1. The summed E-state index contributed by atoms with van der Waals surface area (Å²) in [6, 6.07) is 14.8. The molecule has 148 valence electrons. The third-order valence-electron chi connectivity index (χ3n) is 4.34. The van der Waals surface area contributed by atoms with Gasteiger partial charge in [0.05, 0.1) is 6.04 Å². The second-order valence-electron chi connectivity index (χ2n) is 6.67. The number of rotatable bonds is 7. The Morgan fingerprint density at radius 2 is 1.85 bits per heavy atom. The van der Waals surface area contributed by atoms with E-state index < -0.39 is 0 Å². The Morgan fingerprint density at radius 1 is 1.15 bits per heavy atom. The third kappa shape index (κ3) is 7.01. The van der Waals surface area contributed by atoms with Crippen LogP contribution in [0.2, 0.25) is 0 Å². The number of benzene rings is 2. The van der Waals surface area contributed by atoms with Crippen molar-refractivity contribution in [2.24, 2.45) is 4.99 Å². The van der Waals surface area contributed by atoms with Crippen molar-refractivity contribution in [1.82, 2.24) is 15.5 Å². The highest BCUT2D eigenvalue weighted by atomic mass is 127. The van der Waals surface area contributed by atoms with Gasteiger partial charge in [-0.2, -0.15) is 0 Å². The minimum atomic E-state index is -0.0144. The van der Waals surface area contributed by atoms with E-state index in [1.54, 1.807) is 19.0 Å². The van der Waals surface area contributed by atoms with Gasteiger partial charge in [0, 0.05) is 20.6 Å². The van der Waals surface area contributed by atoms with Crippen molar-refractivity contribution in [3.05, 3.63) is 48.0 Å². The third-order valence-corrected chi connectivity index (χ3v) is 4.34. The Labute approximate surface area is 179 Å². The lowest BCUT2D eigenvalue weighted by molar-refractivity contribution is -0.127. The van der Waals surface area contributed by atoms with Gasteiger partial charge in [0.1, 0.15) is 6.54 Å². The fourth-order valence-corrected chi connectivity index (χ4v) is 2.74. The zero-order valence-corrected chi connectivity index (χ0v) is 19.0. The van der Waals surface area contributed by atoms with Crippen LogP contribution in [-0.2, 0) is 4.79 Å². The maximum atomic E-state index is 11.9. The molecule has 2 aromatic carbocycles. The number of hydrogen-bond donors (Lipinski definition) is 2. The number of carbonyl (C=O) groups excluding carboxylic acids is 1. The molecule has 0 bridgehead atoms. The Morgan fingerprint density at radius 3 is 2.56 bits per heavy atom. The molecule has 0 aliphatic carbocycles. The predicted molar refractivity (Wildman–Crippen MR) is 125 cm³/mol. The van der Waals surface area contributed by atoms with Crippen LogP contribution in [0.25, 0.3) is 10.8 Å². The summed E-state index contributed by atoms with van der Waals surface area (Å²) in [7, 11) is 3.49. The number of likely N-dealkylation sites (N-methyl/N-ethyl adjacent to an activating group) is 1. The lowest BCUT2D eigenvalue weighted by Crippen LogP contribution is -2.40. The molecule has 1 atom stereocenters. The highest BCUT2D eigenvalue weighted by molar-refractivity contribution is 14.0. The van der Waals surface area contributed by atoms with Crippen LogP contribution < -0.4 is 10.6 Å². The number of amides is 1. The molecule has 1 unspecified atom stereocenters. The van der Waals surface area contributed by atoms with Gasteiger partial charge in [-0.15, -0.1) is 24.0 Å². The van der Waals surface area contributed by atoms with Crippen molar-refractivity contribution < 1.29 is 4.79 Å². The largest absolute Gasteiger partial charge is 0.356 e. The smallest absolute Gasteiger partial charge is 0.243 e. The Hall–Kier alpha value is -1.83. The fraction of sp³-hybridized carbons (Fsp3) is 0.429. The molecule has 2 rings (SSSR count). The predicted octanol–water partition coefficient (Wildman–Crippen LogP) is 3.94. The van der Waals surface area contributed by atoms with Gasteiger partial charge >= 0.3 is 0 Å². The molecule has 0 fully saturated rings. The summed E-state index contributed by atoms with van der Waals surface area (Å²) in [4.78, 5) is 17.9. The number of halogens is 1. The van der Waals surface area contributed by atoms with Crippen LogP contribution in [0.5, 0.6) is 0 Å². The molecule has 0 saturated carbocycles. The molecule has 27 heavy (non-hydrogen) atoms. The lowest BCUT2D eigenvalue weighted by Gasteiger charge is -2.20. The Balaban J connectivity index is 0.00000364. The van der Waals surface area contributed by atoms with Gasteiger partial charge in [-0.1, -0.05) is 55.8 Å². The first-order valence-electron chi connectivity index (χ1n) is 9.25. The molecular formula is C21H31IN4O. The molecule has 6 heteroatoms. The van der Waals surface area contributed by atoms with E-state index in [9.17, 15) is 4.79 Å². The normalized spacial score (nSPS) is 12.2. The number of nitrogens with zero attached hydrogens (tertiary/aromatic N) is 2. The van der Waals surface area contributed by atoms with Gasteiger partial charge in [-0.05, 0) is 29.7 Å². The van der Waals surface area contributed by atoms with E-state index >= 15 is 0 Å². The molecule has 0 aliphatic heterocycles. The summed E-state index contributed by atoms with van der Waals surface area (Å²) >= 11 is 0. The number of hydrogen-bond acceptors (Lipinski definition) is 2. The van der Waals surface area contributed by atoms with Crippen LogP contribution in [0.4, 0.5) is 0 Å². The van der Waals surface area contributed by atoms with Gasteiger partial charge in [-0.25, -0.2) is 4.99 Å². The quantitative estimate of drug-likeness (QED) is 0.272. The van der Waals surface area contributed by atoms with Gasteiger partial charge in [0.2, 0.25) is 5.91 Å². The number of carbonyl (C=O) groups is 1. The highest BCUT2D eigenvalue weighted by Gasteiger charge is 2.12. The monoisotopic (exact) mass is 482 g/mol.